The number of carbonyl (C=O) groups excluding carboxylic acids is 4. The summed E-state index contributed by atoms with van der Waals surface area (Å²) in [6.45, 7) is 3.51. The Labute approximate surface area is 148 Å². The normalized spacial score (nSPS) is 9.60. The van der Waals surface area contributed by atoms with E-state index >= 15 is 0 Å². The molecule has 0 saturated heterocycles. The molecule has 1 aromatic rings. The number of esters is 1. The van der Waals surface area contributed by atoms with Gasteiger partial charge in [0.1, 0.15) is 18.9 Å². The standard InChI is InChI=1S/C16H18N2O6S/c1-2-14(20)18-7-8-25-16(22)23-10-12-3-5-13(6-4-12)24-15(21)9-17-11-19/h2-6,11H,1,7-10H2,(H,17,19)(H,18,20). The van der Waals surface area contributed by atoms with Gasteiger partial charge < -0.3 is 20.1 Å². The summed E-state index contributed by atoms with van der Waals surface area (Å²) in [5.74, 6) is -0.176. The summed E-state index contributed by atoms with van der Waals surface area (Å²) < 4.78 is 10.0. The molecule has 25 heavy (non-hydrogen) atoms. The summed E-state index contributed by atoms with van der Waals surface area (Å²) >= 11 is 0.952. The molecule has 134 valence electrons. The lowest BCUT2D eigenvalue weighted by molar-refractivity contribution is -0.134. The van der Waals surface area contributed by atoms with Gasteiger partial charge in [-0.15, -0.1) is 0 Å². The van der Waals surface area contributed by atoms with E-state index in [1.54, 1.807) is 24.3 Å². The molecule has 0 saturated carbocycles. The average molecular weight is 366 g/mol. The number of rotatable bonds is 10. The van der Waals surface area contributed by atoms with Crippen molar-refractivity contribution < 1.29 is 28.7 Å². The van der Waals surface area contributed by atoms with Crippen LogP contribution in [0.1, 0.15) is 5.56 Å². The Balaban J connectivity index is 2.27. The van der Waals surface area contributed by atoms with Crippen LogP contribution in [0, 0.1) is 0 Å². The van der Waals surface area contributed by atoms with E-state index in [9.17, 15) is 19.2 Å². The Morgan fingerprint density at radius 2 is 1.92 bits per heavy atom. The summed E-state index contributed by atoms with van der Waals surface area (Å²) in [6.07, 6.45) is 1.56. The van der Waals surface area contributed by atoms with E-state index in [0.717, 1.165) is 23.4 Å². The van der Waals surface area contributed by atoms with Gasteiger partial charge in [-0.05, 0) is 35.5 Å². The van der Waals surface area contributed by atoms with E-state index in [1.165, 1.54) is 0 Å². The zero-order chi connectivity index (χ0) is 18.5. The second-order valence-corrected chi connectivity index (χ2v) is 5.53. The van der Waals surface area contributed by atoms with E-state index in [1.807, 2.05) is 0 Å². The molecule has 0 aromatic heterocycles. The van der Waals surface area contributed by atoms with Gasteiger partial charge in [-0.25, -0.2) is 9.59 Å². The number of ether oxygens (including phenoxy) is 2. The van der Waals surface area contributed by atoms with E-state index in [-0.39, 0.29) is 19.1 Å². The fourth-order valence-electron chi connectivity index (χ4n) is 1.51. The number of thioether (sulfide) groups is 1. The first-order valence-electron chi connectivity index (χ1n) is 7.21. The van der Waals surface area contributed by atoms with E-state index in [0.29, 0.717) is 24.5 Å². The van der Waals surface area contributed by atoms with Crippen LogP contribution in [-0.2, 0) is 25.7 Å². The molecular formula is C16H18N2O6S. The predicted octanol–water partition coefficient (Wildman–Crippen LogP) is 1.01. The highest BCUT2D eigenvalue weighted by Crippen LogP contribution is 2.14. The zero-order valence-electron chi connectivity index (χ0n) is 13.4. The molecule has 2 amide bonds. The maximum absolute atomic E-state index is 11.5. The lowest BCUT2D eigenvalue weighted by atomic mass is 10.2. The number of hydrogen-bond donors (Lipinski definition) is 2. The van der Waals surface area contributed by atoms with Crippen LogP contribution in [0.5, 0.6) is 5.75 Å². The minimum atomic E-state index is -0.591. The van der Waals surface area contributed by atoms with Gasteiger partial charge in [0.25, 0.3) is 0 Å². The molecule has 8 nitrogen and oxygen atoms in total. The van der Waals surface area contributed by atoms with Gasteiger partial charge in [-0.1, -0.05) is 18.7 Å². The van der Waals surface area contributed by atoms with E-state index < -0.39 is 11.3 Å². The first kappa shape index (κ1) is 20.2. The SMILES string of the molecule is C=CC(=O)NCCSC(=O)OCc1ccc(OC(=O)CNC=O)cc1. The molecule has 0 radical (unpaired) electrons. The molecule has 0 aliphatic heterocycles. The van der Waals surface area contributed by atoms with Crippen LogP contribution < -0.4 is 15.4 Å². The van der Waals surface area contributed by atoms with Crippen LogP contribution in [0.15, 0.2) is 36.9 Å². The number of carbonyl (C=O) groups is 4. The Morgan fingerprint density at radius 1 is 1.20 bits per heavy atom. The molecule has 0 fully saturated rings. The number of benzene rings is 1. The van der Waals surface area contributed by atoms with Crippen molar-refractivity contribution >= 4 is 35.3 Å². The fourth-order valence-corrected chi connectivity index (χ4v) is 2.02. The van der Waals surface area contributed by atoms with Gasteiger partial charge >= 0.3 is 11.3 Å². The highest BCUT2D eigenvalue weighted by Gasteiger charge is 2.06. The second-order valence-electron chi connectivity index (χ2n) is 4.50. The number of nitrogens with one attached hydrogen (secondary N) is 2. The van der Waals surface area contributed by atoms with Crippen LogP contribution in [0.3, 0.4) is 0 Å². The molecular weight excluding hydrogens is 348 g/mol. The molecule has 0 unspecified atom stereocenters. The molecule has 0 aliphatic rings. The second kappa shape index (κ2) is 11.7. The van der Waals surface area contributed by atoms with Crippen molar-refractivity contribution in [3.63, 3.8) is 0 Å². The van der Waals surface area contributed by atoms with Gasteiger partial charge in [0.15, 0.2) is 0 Å². The minimum absolute atomic E-state index is 0.0752. The predicted molar refractivity (Wildman–Crippen MR) is 92.0 cm³/mol. The topological polar surface area (TPSA) is 111 Å². The number of hydrogen-bond acceptors (Lipinski definition) is 7. The molecule has 0 atom stereocenters. The fraction of sp³-hybridized carbons (Fsp3) is 0.250. The monoisotopic (exact) mass is 366 g/mol. The van der Waals surface area contributed by atoms with Crippen LogP contribution in [0.4, 0.5) is 4.79 Å². The third-order valence-corrected chi connectivity index (χ3v) is 3.41. The quantitative estimate of drug-likeness (QED) is 0.209. The van der Waals surface area contributed by atoms with Crippen LogP contribution >= 0.6 is 11.8 Å². The largest absolute Gasteiger partial charge is 0.453 e. The molecule has 0 heterocycles. The molecule has 1 rings (SSSR count). The van der Waals surface area contributed by atoms with Crippen molar-refractivity contribution in [1.82, 2.24) is 10.6 Å². The third-order valence-electron chi connectivity index (χ3n) is 2.65. The van der Waals surface area contributed by atoms with Crippen LogP contribution in [0.2, 0.25) is 0 Å². The summed E-state index contributed by atoms with van der Waals surface area (Å²) in [5.41, 5.74) is 0.722. The van der Waals surface area contributed by atoms with Crippen molar-refractivity contribution in [2.24, 2.45) is 0 Å². The Morgan fingerprint density at radius 3 is 2.56 bits per heavy atom. The van der Waals surface area contributed by atoms with Gasteiger partial charge in [-0.2, -0.15) is 0 Å². The Bertz CT molecular complexity index is 618. The summed E-state index contributed by atoms with van der Waals surface area (Å²) in [4.78, 5) is 43.8. The highest BCUT2D eigenvalue weighted by molar-refractivity contribution is 8.13. The molecule has 0 spiro atoms. The third kappa shape index (κ3) is 9.16. The van der Waals surface area contributed by atoms with E-state index in [2.05, 4.69) is 17.2 Å². The average Bonchev–Trinajstić information content (AvgIpc) is 2.62. The maximum Gasteiger partial charge on any atom is 0.367 e. The molecule has 2 N–H and O–H groups in total. The van der Waals surface area contributed by atoms with Crippen molar-refractivity contribution in [3.05, 3.63) is 42.5 Å². The van der Waals surface area contributed by atoms with Gasteiger partial charge in [-0.3, -0.25) is 9.59 Å². The van der Waals surface area contributed by atoms with Gasteiger partial charge in [0.2, 0.25) is 12.3 Å². The first-order chi connectivity index (χ1) is 12.0. The zero-order valence-corrected chi connectivity index (χ0v) is 14.2. The number of amides is 2. The Hall–Kier alpha value is -2.81. The van der Waals surface area contributed by atoms with Crippen molar-refractivity contribution in [3.8, 4) is 5.75 Å². The van der Waals surface area contributed by atoms with E-state index in [4.69, 9.17) is 9.47 Å². The maximum atomic E-state index is 11.5. The molecule has 9 heteroatoms. The van der Waals surface area contributed by atoms with Gasteiger partial charge in [0.05, 0.1) is 0 Å². The summed E-state index contributed by atoms with van der Waals surface area (Å²) in [6, 6.07) is 6.41. The summed E-state index contributed by atoms with van der Waals surface area (Å²) in [5, 5.41) is 4.29. The lowest BCUT2D eigenvalue weighted by Gasteiger charge is -2.07. The molecule has 1 aromatic carbocycles. The molecule has 0 aliphatic carbocycles. The minimum Gasteiger partial charge on any atom is -0.453 e. The first-order valence-corrected chi connectivity index (χ1v) is 8.20. The lowest BCUT2D eigenvalue weighted by Crippen LogP contribution is -2.25. The van der Waals surface area contributed by atoms with Crippen LogP contribution in [0.25, 0.3) is 0 Å². The van der Waals surface area contributed by atoms with Crippen molar-refractivity contribution in [2.45, 2.75) is 6.61 Å². The highest BCUT2D eigenvalue weighted by atomic mass is 32.2. The van der Waals surface area contributed by atoms with Crippen molar-refractivity contribution in [1.29, 1.82) is 0 Å². The van der Waals surface area contributed by atoms with Gasteiger partial charge in [0, 0.05) is 12.3 Å². The molecule has 0 bridgehead atoms. The summed E-state index contributed by atoms with van der Waals surface area (Å²) in [7, 11) is 0. The van der Waals surface area contributed by atoms with Crippen LogP contribution in [-0.4, -0.2) is 42.4 Å². The Kier molecular flexibility index (Phi) is 9.46. The smallest absolute Gasteiger partial charge is 0.367 e. The van der Waals surface area contributed by atoms with Crippen molar-refractivity contribution in [2.75, 3.05) is 18.8 Å².